The smallest absolute Gasteiger partial charge is 0.225 e. The van der Waals surface area contributed by atoms with E-state index in [9.17, 15) is 4.79 Å². The molecule has 0 bridgehead atoms. The first-order valence-corrected chi connectivity index (χ1v) is 10.1. The Morgan fingerprint density at radius 3 is 2.70 bits per heavy atom. The topological polar surface area (TPSA) is 87.6 Å². The third-order valence-corrected chi connectivity index (χ3v) is 4.81. The Hall–Kier alpha value is -3.58. The van der Waals surface area contributed by atoms with Gasteiger partial charge in [0.05, 0.1) is 11.4 Å². The summed E-state index contributed by atoms with van der Waals surface area (Å²) in [5.74, 6) is 0.918. The summed E-state index contributed by atoms with van der Waals surface area (Å²) in [6, 6.07) is 17.6. The number of aryl methyl sites for hydroxylation is 1. The number of alkyl halides is 1. The number of amides is 1. The van der Waals surface area contributed by atoms with E-state index in [0.29, 0.717) is 18.1 Å². The summed E-state index contributed by atoms with van der Waals surface area (Å²) in [5.41, 5.74) is 5.58. The van der Waals surface area contributed by atoms with Gasteiger partial charge in [0.1, 0.15) is 0 Å². The van der Waals surface area contributed by atoms with E-state index in [0.717, 1.165) is 33.9 Å². The van der Waals surface area contributed by atoms with Gasteiger partial charge in [0.2, 0.25) is 5.91 Å². The number of halogens is 1. The average molecular weight is 421 g/mol. The summed E-state index contributed by atoms with van der Waals surface area (Å²) in [5, 5.41) is 17.8. The number of hydrogen-bond donors (Lipinski definition) is 3. The normalized spacial score (nSPS) is 10.7. The van der Waals surface area contributed by atoms with Crippen molar-refractivity contribution in [3.05, 3.63) is 72.6 Å². The Labute approximate surface area is 179 Å². The molecule has 30 heavy (non-hydrogen) atoms. The molecule has 2 aromatic carbocycles. The molecule has 7 nitrogen and oxygen atoms in total. The number of benzene rings is 2. The standard InChI is InChI=1S/C22H21ClN6O/c1-15-13-17(25-22(30)9-10-23)5-8-19(15)26-21-14-20(27-28-21)16-3-6-18(7-4-16)29-12-2-11-24-29/h2-8,11-14H,9-10H2,1H3,(H,25,30)(H2,26,27,28). The molecule has 0 saturated carbocycles. The summed E-state index contributed by atoms with van der Waals surface area (Å²) in [7, 11) is 0. The van der Waals surface area contributed by atoms with Crippen LogP contribution in [-0.2, 0) is 4.79 Å². The lowest BCUT2D eigenvalue weighted by Crippen LogP contribution is -2.11. The number of aromatic amines is 1. The number of carbonyl (C=O) groups is 1. The van der Waals surface area contributed by atoms with Crippen LogP contribution in [0.4, 0.5) is 17.2 Å². The lowest BCUT2D eigenvalue weighted by atomic mass is 10.1. The number of aromatic nitrogens is 4. The first-order chi connectivity index (χ1) is 14.6. The van der Waals surface area contributed by atoms with Crippen molar-refractivity contribution in [2.24, 2.45) is 0 Å². The van der Waals surface area contributed by atoms with Crippen molar-refractivity contribution in [2.45, 2.75) is 13.3 Å². The fourth-order valence-electron chi connectivity index (χ4n) is 3.08. The van der Waals surface area contributed by atoms with Crippen LogP contribution >= 0.6 is 11.6 Å². The minimum Gasteiger partial charge on any atom is -0.339 e. The Bertz CT molecular complexity index is 1130. The third-order valence-electron chi connectivity index (χ3n) is 4.62. The Kier molecular flexibility index (Phi) is 5.81. The van der Waals surface area contributed by atoms with Crippen LogP contribution in [0.5, 0.6) is 0 Å². The van der Waals surface area contributed by atoms with E-state index in [2.05, 4.69) is 25.9 Å². The fourth-order valence-corrected chi connectivity index (χ4v) is 3.25. The van der Waals surface area contributed by atoms with Crippen molar-refractivity contribution < 1.29 is 4.79 Å². The summed E-state index contributed by atoms with van der Waals surface area (Å²) in [6.07, 6.45) is 3.95. The molecular weight excluding hydrogens is 400 g/mol. The molecular formula is C22H21ClN6O. The molecule has 2 aromatic heterocycles. The molecule has 0 aliphatic carbocycles. The highest BCUT2D eigenvalue weighted by Gasteiger charge is 2.08. The van der Waals surface area contributed by atoms with Crippen LogP contribution in [0.25, 0.3) is 16.9 Å². The Morgan fingerprint density at radius 2 is 2.00 bits per heavy atom. The summed E-state index contributed by atoms with van der Waals surface area (Å²) >= 11 is 5.60. The quantitative estimate of drug-likeness (QED) is 0.372. The lowest BCUT2D eigenvalue weighted by molar-refractivity contribution is -0.115. The van der Waals surface area contributed by atoms with Crippen LogP contribution in [0, 0.1) is 6.92 Å². The molecule has 0 fully saturated rings. The summed E-state index contributed by atoms with van der Waals surface area (Å²) < 4.78 is 1.81. The van der Waals surface area contributed by atoms with Gasteiger partial charge in [-0.1, -0.05) is 12.1 Å². The average Bonchev–Trinajstić information content (AvgIpc) is 3.43. The van der Waals surface area contributed by atoms with Crippen LogP contribution in [0.3, 0.4) is 0 Å². The van der Waals surface area contributed by atoms with Crippen LogP contribution < -0.4 is 10.6 Å². The van der Waals surface area contributed by atoms with Crippen molar-refractivity contribution in [1.29, 1.82) is 0 Å². The first-order valence-electron chi connectivity index (χ1n) is 9.52. The van der Waals surface area contributed by atoms with E-state index < -0.39 is 0 Å². The largest absolute Gasteiger partial charge is 0.339 e. The zero-order valence-corrected chi connectivity index (χ0v) is 17.1. The molecule has 0 aliphatic rings. The van der Waals surface area contributed by atoms with Crippen LogP contribution in [0.2, 0.25) is 0 Å². The third kappa shape index (κ3) is 4.52. The maximum atomic E-state index is 11.7. The lowest BCUT2D eigenvalue weighted by Gasteiger charge is -2.10. The second-order valence-electron chi connectivity index (χ2n) is 6.81. The van der Waals surface area contributed by atoms with E-state index in [4.69, 9.17) is 11.6 Å². The number of carbonyl (C=O) groups excluding carboxylic acids is 1. The molecule has 2 heterocycles. The first kappa shape index (κ1) is 19.7. The van der Waals surface area contributed by atoms with Crippen molar-refractivity contribution in [3.63, 3.8) is 0 Å². The zero-order valence-electron chi connectivity index (χ0n) is 16.4. The highest BCUT2D eigenvalue weighted by molar-refractivity contribution is 6.19. The number of rotatable bonds is 7. The van der Waals surface area contributed by atoms with Gasteiger partial charge in [-0.25, -0.2) is 4.68 Å². The fraction of sp³-hybridized carbons (Fsp3) is 0.136. The number of nitrogens with zero attached hydrogens (tertiary/aromatic N) is 3. The van der Waals surface area contributed by atoms with Gasteiger partial charge in [0.25, 0.3) is 0 Å². The van der Waals surface area contributed by atoms with E-state index in [1.165, 1.54) is 0 Å². The Balaban J connectivity index is 1.45. The van der Waals surface area contributed by atoms with Crippen molar-refractivity contribution in [3.8, 4) is 16.9 Å². The number of hydrogen-bond acceptors (Lipinski definition) is 4. The van der Waals surface area contributed by atoms with E-state index >= 15 is 0 Å². The van der Waals surface area contributed by atoms with Gasteiger partial charge >= 0.3 is 0 Å². The van der Waals surface area contributed by atoms with Gasteiger partial charge in [-0.15, -0.1) is 11.6 Å². The molecule has 0 spiro atoms. The van der Waals surface area contributed by atoms with Crippen LogP contribution in [-0.4, -0.2) is 31.8 Å². The van der Waals surface area contributed by atoms with Gasteiger partial charge < -0.3 is 10.6 Å². The van der Waals surface area contributed by atoms with Gasteiger partial charge in [-0.05, 0) is 54.4 Å². The summed E-state index contributed by atoms with van der Waals surface area (Å²) in [6.45, 7) is 1.97. The molecule has 1 amide bonds. The maximum Gasteiger partial charge on any atom is 0.225 e. The van der Waals surface area contributed by atoms with Crippen LogP contribution in [0.1, 0.15) is 12.0 Å². The minimum absolute atomic E-state index is 0.0966. The van der Waals surface area contributed by atoms with Crippen molar-refractivity contribution >= 4 is 34.7 Å². The SMILES string of the molecule is Cc1cc(NC(=O)CCCl)ccc1Nc1cc(-c2ccc(-n3cccn3)cc2)[nH]n1. The second kappa shape index (κ2) is 8.84. The monoisotopic (exact) mass is 420 g/mol. The summed E-state index contributed by atoms with van der Waals surface area (Å²) in [4.78, 5) is 11.7. The molecule has 4 rings (SSSR count). The molecule has 0 saturated heterocycles. The van der Waals surface area contributed by atoms with E-state index in [-0.39, 0.29) is 5.91 Å². The molecule has 0 unspecified atom stereocenters. The molecule has 4 aromatic rings. The highest BCUT2D eigenvalue weighted by Crippen LogP contribution is 2.26. The minimum atomic E-state index is -0.0966. The zero-order chi connectivity index (χ0) is 20.9. The number of nitrogens with one attached hydrogen (secondary N) is 3. The number of H-pyrrole nitrogens is 1. The molecule has 152 valence electrons. The van der Waals surface area contributed by atoms with Gasteiger partial charge in [0.15, 0.2) is 5.82 Å². The number of anilines is 3. The van der Waals surface area contributed by atoms with Gasteiger partial charge in [-0.2, -0.15) is 10.2 Å². The van der Waals surface area contributed by atoms with Gasteiger partial charge in [-0.3, -0.25) is 9.89 Å². The predicted octanol–water partition coefficient (Wildman–Crippen LogP) is 4.88. The maximum absolute atomic E-state index is 11.7. The van der Waals surface area contributed by atoms with Crippen molar-refractivity contribution in [1.82, 2.24) is 20.0 Å². The molecule has 0 aliphatic heterocycles. The molecule has 0 radical (unpaired) electrons. The molecule has 3 N–H and O–H groups in total. The van der Waals surface area contributed by atoms with E-state index in [1.54, 1.807) is 6.20 Å². The molecule has 0 atom stereocenters. The predicted molar refractivity (Wildman–Crippen MR) is 120 cm³/mol. The molecule has 8 heteroatoms. The van der Waals surface area contributed by atoms with Gasteiger partial charge in [0, 0.05) is 42.1 Å². The second-order valence-corrected chi connectivity index (χ2v) is 7.18. The van der Waals surface area contributed by atoms with E-state index in [1.807, 2.05) is 72.4 Å². The van der Waals surface area contributed by atoms with Crippen LogP contribution in [0.15, 0.2) is 67.0 Å². The Morgan fingerprint density at radius 1 is 1.17 bits per heavy atom. The van der Waals surface area contributed by atoms with Crippen molar-refractivity contribution in [2.75, 3.05) is 16.5 Å². The highest BCUT2D eigenvalue weighted by atomic mass is 35.5.